The van der Waals surface area contributed by atoms with Crippen molar-refractivity contribution in [3.05, 3.63) is 194 Å². The van der Waals surface area contributed by atoms with E-state index in [1.54, 1.807) is 0 Å². The van der Waals surface area contributed by atoms with Gasteiger partial charge in [-0.2, -0.15) is 0 Å². The predicted octanol–water partition coefficient (Wildman–Crippen LogP) is 14.2. The average Bonchev–Trinajstić information content (AvgIpc) is 3.59. The van der Waals surface area contributed by atoms with Crippen LogP contribution < -0.4 is 0 Å². The van der Waals surface area contributed by atoms with Gasteiger partial charge in [0, 0.05) is 16.3 Å². The summed E-state index contributed by atoms with van der Waals surface area (Å²) in [6, 6.07) is 70.0. The second-order valence-corrected chi connectivity index (χ2v) is 13.1. The molecule has 10 rings (SSSR count). The van der Waals surface area contributed by atoms with E-state index in [-0.39, 0.29) is 0 Å². The van der Waals surface area contributed by atoms with Crippen LogP contribution in [0.3, 0.4) is 0 Å². The maximum Gasteiger partial charge on any atom is 0.136 e. The first-order chi connectivity index (χ1) is 25.3. The number of para-hydroxylation sites is 1. The van der Waals surface area contributed by atoms with Crippen molar-refractivity contribution in [3.8, 4) is 55.6 Å². The molecule has 0 spiro atoms. The first-order valence-electron chi connectivity index (χ1n) is 17.5. The van der Waals surface area contributed by atoms with E-state index in [4.69, 9.17) is 4.42 Å². The Labute approximate surface area is 296 Å². The van der Waals surface area contributed by atoms with Gasteiger partial charge in [0.1, 0.15) is 11.2 Å². The summed E-state index contributed by atoms with van der Waals surface area (Å²) >= 11 is 0. The molecule has 1 heterocycles. The highest BCUT2D eigenvalue weighted by atomic mass is 16.3. The fourth-order valence-corrected chi connectivity index (χ4v) is 8.16. The highest BCUT2D eigenvalue weighted by molar-refractivity contribution is 6.26. The minimum atomic E-state index is 0.897. The molecule has 0 atom stereocenters. The van der Waals surface area contributed by atoms with E-state index >= 15 is 0 Å². The predicted molar refractivity (Wildman–Crippen MR) is 216 cm³/mol. The Morgan fingerprint density at radius 3 is 1.24 bits per heavy atom. The number of benzene rings is 9. The van der Waals surface area contributed by atoms with Crippen molar-refractivity contribution in [1.82, 2.24) is 0 Å². The van der Waals surface area contributed by atoms with Crippen molar-refractivity contribution in [1.29, 1.82) is 0 Å². The van der Waals surface area contributed by atoms with Crippen LogP contribution in [0.4, 0.5) is 0 Å². The second kappa shape index (κ2) is 12.0. The topological polar surface area (TPSA) is 13.1 Å². The van der Waals surface area contributed by atoms with Crippen LogP contribution in [0.25, 0.3) is 99.1 Å². The molecule has 10 aromatic rings. The Balaban J connectivity index is 1.38. The molecule has 0 N–H and O–H groups in total. The summed E-state index contributed by atoms with van der Waals surface area (Å²) in [7, 11) is 0. The number of rotatable bonds is 5. The van der Waals surface area contributed by atoms with Gasteiger partial charge in [0.15, 0.2) is 0 Å². The first-order valence-corrected chi connectivity index (χ1v) is 17.5. The van der Waals surface area contributed by atoms with E-state index in [2.05, 4.69) is 188 Å². The SMILES string of the molecule is c1ccc(-c2cccc(-c3ccccc3)c2-c2c3ccccc3c(-c3ccc4oc5ccccc5c4c3-c3ccccc3)c3ccccc23)cc1. The summed E-state index contributed by atoms with van der Waals surface area (Å²) in [5.74, 6) is 0. The molecule has 1 nitrogen and oxygen atoms in total. The van der Waals surface area contributed by atoms with E-state index in [1.807, 2.05) is 6.07 Å². The van der Waals surface area contributed by atoms with Crippen molar-refractivity contribution in [2.45, 2.75) is 0 Å². The van der Waals surface area contributed by atoms with Crippen molar-refractivity contribution >= 4 is 43.5 Å². The molecular weight excluding hydrogens is 617 g/mol. The van der Waals surface area contributed by atoms with Gasteiger partial charge in [0.25, 0.3) is 0 Å². The van der Waals surface area contributed by atoms with E-state index < -0.39 is 0 Å². The third-order valence-electron chi connectivity index (χ3n) is 10.3. The van der Waals surface area contributed by atoms with Gasteiger partial charge in [-0.15, -0.1) is 0 Å². The molecular formula is C50H32O. The largest absolute Gasteiger partial charge is 0.456 e. The lowest BCUT2D eigenvalue weighted by atomic mass is 9.79. The zero-order chi connectivity index (χ0) is 33.7. The molecule has 0 aliphatic heterocycles. The fourth-order valence-electron chi connectivity index (χ4n) is 8.16. The van der Waals surface area contributed by atoms with Gasteiger partial charge in [-0.3, -0.25) is 0 Å². The molecule has 0 aliphatic carbocycles. The number of furan rings is 1. The first kappa shape index (κ1) is 29.2. The minimum absolute atomic E-state index is 0.897. The highest BCUT2D eigenvalue weighted by Crippen LogP contribution is 2.51. The molecule has 238 valence electrons. The molecule has 1 heteroatoms. The van der Waals surface area contributed by atoms with Gasteiger partial charge in [0.05, 0.1) is 0 Å². The minimum Gasteiger partial charge on any atom is -0.456 e. The summed E-state index contributed by atoms with van der Waals surface area (Å²) in [6.45, 7) is 0. The Kier molecular flexibility index (Phi) is 6.89. The zero-order valence-corrected chi connectivity index (χ0v) is 27.9. The summed E-state index contributed by atoms with van der Waals surface area (Å²) in [6.07, 6.45) is 0. The van der Waals surface area contributed by atoms with Gasteiger partial charge in [-0.25, -0.2) is 0 Å². The quantitative estimate of drug-likeness (QED) is 0.169. The van der Waals surface area contributed by atoms with Crippen LogP contribution in [0, 0.1) is 0 Å². The Hall–Kier alpha value is -6.70. The van der Waals surface area contributed by atoms with Crippen LogP contribution in [-0.4, -0.2) is 0 Å². The summed E-state index contributed by atoms with van der Waals surface area (Å²) in [5.41, 5.74) is 13.9. The molecule has 0 bridgehead atoms. The number of fused-ring (bicyclic) bond motifs is 5. The third-order valence-corrected chi connectivity index (χ3v) is 10.3. The van der Waals surface area contributed by atoms with Gasteiger partial charge < -0.3 is 4.42 Å². The maximum atomic E-state index is 6.47. The normalized spacial score (nSPS) is 11.5. The monoisotopic (exact) mass is 648 g/mol. The van der Waals surface area contributed by atoms with Gasteiger partial charge in [0.2, 0.25) is 0 Å². The average molecular weight is 649 g/mol. The lowest BCUT2D eigenvalue weighted by Crippen LogP contribution is -1.96. The second-order valence-electron chi connectivity index (χ2n) is 13.1. The lowest BCUT2D eigenvalue weighted by molar-refractivity contribution is 0.669. The van der Waals surface area contributed by atoms with Gasteiger partial charge in [-0.05, 0) is 89.8 Å². The summed E-state index contributed by atoms with van der Waals surface area (Å²) < 4.78 is 6.47. The Bertz CT molecular complexity index is 2770. The van der Waals surface area contributed by atoms with Crippen LogP contribution in [0.15, 0.2) is 199 Å². The molecule has 0 saturated carbocycles. The molecule has 9 aromatic carbocycles. The van der Waals surface area contributed by atoms with E-state index in [0.29, 0.717) is 0 Å². The van der Waals surface area contributed by atoms with E-state index in [0.717, 1.165) is 21.9 Å². The summed E-state index contributed by atoms with van der Waals surface area (Å²) in [4.78, 5) is 0. The Morgan fingerprint density at radius 2 is 0.686 bits per heavy atom. The van der Waals surface area contributed by atoms with E-state index in [9.17, 15) is 0 Å². The summed E-state index contributed by atoms with van der Waals surface area (Å²) in [5, 5.41) is 7.16. The molecule has 0 aliphatic rings. The molecule has 0 amide bonds. The lowest BCUT2D eigenvalue weighted by Gasteiger charge is -2.23. The molecule has 1 aromatic heterocycles. The fraction of sp³-hybridized carbons (Fsp3) is 0. The molecule has 0 fully saturated rings. The smallest absolute Gasteiger partial charge is 0.136 e. The number of hydrogen-bond donors (Lipinski definition) is 0. The third kappa shape index (κ3) is 4.70. The Morgan fingerprint density at radius 1 is 0.235 bits per heavy atom. The number of hydrogen-bond acceptors (Lipinski definition) is 1. The van der Waals surface area contributed by atoms with Crippen molar-refractivity contribution in [2.75, 3.05) is 0 Å². The van der Waals surface area contributed by atoms with Crippen molar-refractivity contribution < 1.29 is 4.42 Å². The standard InChI is InChI=1S/C50H32O/c1-4-17-33(18-5-1)36-28-16-29-37(34-19-6-2-7-20-34)48(36)49-40-25-12-10-23-38(40)47(39-24-11-13-26-41(39)49)43-31-32-45-50(42-27-14-15-30-44(42)51-45)46(43)35-21-8-3-9-22-35/h1-32H. The molecule has 0 unspecified atom stereocenters. The van der Waals surface area contributed by atoms with Crippen molar-refractivity contribution in [2.24, 2.45) is 0 Å². The maximum absolute atomic E-state index is 6.47. The van der Waals surface area contributed by atoms with Crippen LogP contribution in [0.2, 0.25) is 0 Å². The van der Waals surface area contributed by atoms with E-state index in [1.165, 1.54) is 77.2 Å². The van der Waals surface area contributed by atoms with Crippen LogP contribution in [0.1, 0.15) is 0 Å². The zero-order valence-electron chi connectivity index (χ0n) is 27.9. The molecule has 0 saturated heterocycles. The molecule has 0 radical (unpaired) electrons. The molecule has 51 heavy (non-hydrogen) atoms. The van der Waals surface area contributed by atoms with Gasteiger partial charge in [-0.1, -0.05) is 176 Å². The van der Waals surface area contributed by atoms with Crippen molar-refractivity contribution in [3.63, 3.8) is 0 Å². The van der Waals surface area contributed by atoms with Crippen LogP contribution in [-0.2, 0) is 0 Å². The highest BCUT2D eigenvalue weighted by Gasteiger charge is 2.24. The van der Waals surface area contributed by atoms with Crippen LogP contribution >= 0.6 is 0 Å². The van der Waals surface area contributed by atoms with Crippen LogP contribution in [0.5, 0.6) is 0 Å². The van der Waals surface area contributed by atoms with Gasteiger partial charge >= 0.3 is 0 Å².